The fourth-order valence-electron chi connectivity index (χ4n) is 0.987. The predicted molar refractivity (Wildman–Crippen MR) is 63.4 cm³/mol. The number of aryl methyl sites for hydroxylation is 1. The summed E-state index contributed by atoms with van der Waals surface area (Å²) in [5, 5.41) is 11.5. The molecule has 1 atom stereocenters. The molecule has 15 heavy (non-hydrogen) atoms. The molecule has 0 saturated carbocycles. The van der Waals surface area contributed by atoms with Crippen molar-refractivity contribution in [1.82, 2.24) is 10.2 Å². The van der Waals surface area contributed by atoms with E-state index in [9.17, 15) is 4.79 Å². The predicted octanol–water partition coefficient (Wildman–Crippen LogP) is 1.33. The minimum Gasteiger partial charge on any atom is -0.320 e. The van der Waals surface area contributed by atoms with Crippen LogP contribution >= 0.6 is 23.7 Å². The van der Waals surface area contributed by atoms with Gasteiger partial charge in [0.2, 0.25) is 11.0 Å². The number of amides is 1. The highest BCUT2D eigenvalue weighted by Gasteiger charge is 2.13. The molecule has 86 valence electrons. The van der Waals surface area contributed by atoms with Crippen LogP contribution in [0.25, 0.3) is 0 Å². The topological polar surface area (TPSA) is 80.9 Å². The zero-order valence-electron chi connectivity index (χ0n) is 8.69. The summed E-state index contributed by atoms with van der Waals surface area (Å²) >= 11 is 1.34. The molecule has 0 aliphatic rings. The summed E-state index contributed by atoms with van der Waals surface area (Å²) in [7, 11) is 0. The number of hydrogen-bond acceptors (Lipinski definition) is 5. The van der Waals surface area contributed by atoms with Crippen molar-refractivity contribution in [3.63, 3.8) is 0 Å². The fraction of sp³-hybridized carbons (Fsp3) is 0.625. The van der Waals surface area contributed by atoms with Gasteiger partial charge >= 0.3 is 0 Å². The number of nitrogens with two attached hydrogens (primary N) is 1. The van der Waals surface area contributed by atoms with Gasteiger partial charge in [-0.1, -0.05) is 24.7 Å². The fourth-order valence-corrected chi connectivity index (χ4v) is 1.58. The normalized spacial score (nSPS) is 11.7. The highest BCUT2D eigenvalue weighted by Crippen LogP contribution is 2.13. The Morgan fingerprint density at radius 3 is 2.73 bits per heavy atom. The Morgan fingerprint density at radius 2 is 2.27 bits per heavy atom. The first-order valence-electron chi connectivity index (χ1n) is 4.50. The summed E-state index contributed by atoms with van der Waals surface area (Å²) in [6.45, 7) is 3.82. The summed E-state index contributed by atoms with van der Waals surface area (Å²) < 4.78 is 0. The second-order valence-electron chi connectivity index (χ2n) is 3.01. The summed E-state index contributed by atoms with van der Waals surface area (Å²) in [6, 6.07) is -0.454. The van der Waals surface area contributed by atoms with Crippen LogP contribution in [0.2, 0.25) is 0 Å². The van der Waals surface area contributed by atoms with Gasteiger partial charge < -0.3 is 5.73 Å². The molecule has 0 spiro atoms. The van der Waals surface area contributed by atoms with Gasteiger partial charge in [-0.2, -0.15) is 0 Å². The van der Waals surface area contributed by atoms with E-state index in [1.165, 1.54) is 11.3 Å². The quantitative estimate of drug-likeness (QED) is 0.845. The second-order valence-corrected chi connectivity index (χ2v) is 4.19. The molecule has 1 amide bonds. The minimum absolute atomic E-state index is 0. The average molecular weight is 251 g/mol. The molecule has 3 N–H and O–H groups in total. The smallest absolute Gasteiger partial charge is 0.243 e. The van der Waals surface area contributed by atoms with Crippen LogP contribution in [0.15, 0.2) is 0 Å². The molecule has 0 aliphatic carbocycles. The van der Waals surface area contributed by atoms with Crippen molar-refractivity contribution in [3.05, 3.63) is 5.01 Å². The van der Waals surface area contributed by atoms with Gasteiger partial charge in [0.15, 0.2) is 0 Å². The lowest BCUT2D eigenvalue weighted by molar-refractivity contribution is -0.117. The van der Waals surface area contributed by atoms with Crippen LogP contribution in [0.5, 0.6) is 0 Å². The lowest BCUT2D eigenvalue weighted by Gasteiger charge is -2.08. The monoisotopic (exact) mass is 250 g/mol. The number of carbonyl (C=O) groups excluding carboxylic acids is 1. The first-order valence-corrected chi connectivity index (χ1v) is 5.31. The highest BCUT2D eigenvalue weighted by molar-refractivity contribution is 7.15. The average Bonchev–Trinajstić information content (AvgIpc) is 2.51. The van der Waals surface area contributed by atoms with Gasteiger partial charge in [0.1, 0.15) is 5.01 Å². The number of aromatic nitrogens is 2. The SMILES string of the molecule is CCCC(N)C(=O)Nc1nnc(C)s1.Cl. The van der Waals surface area contributed by atoms with E-state index in [0.29, 0.717) is 11.6 Å². The standard InChI is InChI=1S/C8H14N4OS.ClH/c1-3-4-6(9)7(13)10-8-12-11-5(2)14-8;/h6H,3-4,9H2,1-2H3,(H,10,12,13);1H. The zero-order valence-corrected chi connectivity index (χ0v) is 10.3. The molecule has 7 heteroatoms. The van der Waals surface area contributed by atoms with E-state index in [1.807, 2.05) is 13.8 Å². The summed E-state index contributed by atoms with van der Waals surface area (Å²) in [5.41, 5.74) is 5.63. The van der Waals surface area contributed by atoms with Crippen LogP contribution in [0.3, 0.4) is 0 Å². The molecule has 1 aromatic heterocycles. The summed E-state index contributed by atoms with van der Waals surface area (Å²) in [5.74, 6) is -0.192. The van der Waals surface area contributed by atoms with Crippen LogP contribution in [0.1, 0.15) is 24.8 Å². The van der Waals surface area contributed by atoms with Gasteiger partial charge in [-0.3, -0.25) is 10.1 Å². The third-order valence-electron chi connectivity index (χ3n) is 1.69. The maximum absolute atomic E-state index is 11.4. The number of carbonyl (C=O) groups is 1. The van der Waals surface area contributed by atoms with Gasteiger partial charge in [0, 0.05) is 0 Å². The Morgan fingerprint density at radius 1 is 1.60 bits per heavy atom. The van der Waals surface area contributed by atoms with E-state index in [1.54, 1.807) is 0 Å². The third kappa shape index (κ3) is 4.55. The largest absolute Gasteiger partial charge is 0.320 e. The maximum atomic E-state index is 11.4. The Bertz CT molecular complexity index is 317. The van der Waals surface area contributed by atoms with Gasteiger partial charge in [-0.25, -0.2) is 0 Å². The molecular weight excluding hydrogens is 236 g/mol. The second kappa shape index (κ2) is 6.71. The van der Waals surface area contributed by atoms with Crippen LogP contribution in [0.4, 0.5) is 5.13 Å². The first kappa shape index (κ1) is 14.3. The zero-order chi connectivity index (χ0) is 10.6. The van der Waals surface area contributed by atoms with Crippen molar-refractivity contribution in [2.45, 2.75) is 32.7 Å². The Hall–Kier alpha value is -0.720. The van der Waals surface area contributed by atoms with E-state index in [0.717, 1.165) is 11.4 Å². The number of anilines is 1. The molecule has 1 heterocycles. The first-order chi connectivity index (χ1) is 6.63. The van der Waals surface area contributed by atoms with Crippen molar-refractivity contribution >= 4 is 34.8 Å². The molecule has 1 aromatic rings. The van der Waals surface area contributed by atoms with Crippen LogP contribution < -0.4 is 11.1 Å². The molecule has 0 bridgehead atoms. The van der Waals surface area contributed by atoms with E-state index in [-0.39, 0.29) is 18.3 Å². The number of nitrogens with zero attached hydrogens (tertiary/aromatic N) is 2. The van der Waals surface area contributed by atoms with Gasteiger partial charge in [0.25, 0.3) is 0 Å². The number of rotatable bonds is 4. The molecule has 0 saturated heterocycles. The van der Waals surface area contributed by atoms with Crippen molar-refractivity contribution in [2.75, 3.05) is 5.32 Å². The number of nitrogens with one attached hydrogen (secondary N) is 1. The van der Waals surface area contributed by atoms with E-state index >= 15 is 0 Å². The lowest BCUT2D eigenvalue weighted by Crippen LogP contribution is -2.35. The molecule has 1 unspecified atom stereocenters. The van der Waals surface area contributed by atoms with Gasteiger partial charge in [0.05, 0.1) is 6.04 Å². The summed E-state index contributed by atoms with van der Waals surface area (Å²) in [6.07, 6.45) is 1.58. The summed E-state index contributed by atoms with van der Waals surface area (Å²) in [4.78, 5) is 11.4. The molecular formula is C8H15ClN4OS. The molecule has 1 rings (SSSR count). The lowest BCUT2D eigenvalue weighted by atomic mass is 10.2. The van der Waals surface area contributed by atoms with Crippen LogP contribution in [0, 0.1) is 6.92 Å². The molecule has 0 aromatic carbocycles. The molecule has 0 aliphatic heterocycles. The minimum atomic E-state index is -0.454. The van der Waals surface area contributed by atoms with E-state index < -0.39 is 6.04 Å². The Labute approximate surface area is 98.9 Å². The van der Waals surface area contributed by atoms with Crippen LogP contribution in [-0.4, -0.2) is 22.1 Å². The molecule has 5 nitrogen and oxygen atoms in total. The van der Waals surface area contributed by atoms with E-state index in [2.05, 4.69) is 15.5 Å². The maximum Gasteiger partial charge on any atom is 0.243 e. The Kier molecular flexibility index (Phi) is 6.38. The molecule has 0 radical (unpaired) electrons. The van der Waals surface area contributed by atoms with Crippen molar-refractivity contribution < 1.29 is 4.79 Å². The van der Waals surface area contributed by atoms with Crippen LogP contribution in [-0.2, 0) is 4.79 Å². The third-order valence-corrected chi connectivity index (χ3v) is 2.45. The number of halogens is 1. The highest BCUT2D eigenvalue weighted by atomic mass is 35.5. The van der Waals surface area contributed by atoms with Crippen molar-refractivity contribution in [3.8, 4) is 0 Å². The Balaban J connectivity index is 0.00000196. The van der Waals surface area contributed by atoms with E-state index in [4.69, 9.17) is 5.73 Å². The molecule has 0 fully saturated rings. The number of hydrogen-bond donors (Lipinski definition) is 2. The van der Waals surface area contributed by atoms with Gasteiger partial charge in [-0.05, 0) is 13.3 Å². The van der Waals surface area contributed by atoms with Gasteiger partial charge in [-0.15, -0.1) is 22.6 Å². The van der Waals surface area contributed by atoms with Crippen molar-refractivity contribution in [1.29, 1.82) is 0 Å². The van der Waals surface area contributed by atoms with Crippen molar-refractivity contribution in [2.24, 2.45) is 5.73 Å².